The maximum absolute atomic E-state index is 12.1. The molecule has 0 saturated heterocycles. The first-order valence-electron chi connectivity index (χ1n) is 8.08. The summed E-state index contributed by atoms with van der Waals surface area (Å²) in [5.74, 6) is -3.09. The molecule has 0 heterocycles. The Morgan fingerprint density at radius 1 is 1.22 bits per heavy atom. The van der Waals surface area contributed by atoms with Crippen molar-refractivity contribution in [3.8, 4) is 11.5 Å². The third-order valence-electron chi connectivity index (χ3n) is 3.87. The van der Waals surface area contributed by atoms with E-state index in [9.17, 15) is 29.7 Å². The monoisotopic (exact) mass is 378 g/mol. The van der Waals surface area contributed by atoms with Gasteiger partial charge in [0.2, 0.25) is 0 Å². The van der Waals surface area contributed by atoms with E-state index in [-0.39, 0.29) is 42.1 Å². The largest absolute Gasteiger partial charge is 0.515 e. The Balaban J connectivity index is 2.77. The minimum atomic E-state index is -1.00. The maximum Gasteiger partial charge on any atom is 0.337 e. The first-order valence-corrected chi connectivity index (χ1v) is 8.08. The molecular weight excluding hydrogens is 356 g/mol. The molecule has 8 nitrogen and oxygen atoms in total. The van der Waals surface area contributed by atoms with Gasteiger partial charge in [-0.2, -0.15) is 0 Å². The Morgan fingerprint density at radius 2 is 1.93 bits per heavy atom. The molecule has 1 aromatic rings. The van der Waals surface area contributed by atoms with Crippen LogP contribution in [-0.2, 0) is 30.3 Å². The van der Waals surface area contributed by atoms with E-state index in [0.717, 1.165) is 7.11 Å². The predicted molar refractivity (Wildman–Crippen MR) is 95.1 cm³/mol. The van der Waals surface area contributed by atoms with Gasteiger partial charge in [0.1, 0.15) is 6.29 Å². The normalized spacial score (nSPS) is 13.0. The van der Waals surface area contributed by atoms with Gasteiger partial charge >= 0.3 is 11.9 Å². The van der Waals surface area contributed by atoms with Gasteiger partial charge in [-0.25, -0.2) is 4.79 Å². The number of aldehydes is 1. The second-order valence-electron chi connectivity index (χ2n) is 5.53. The van der Waals surface area contributed by atoms with Crippen molar-refractivity contribution in [3.05, 3.63) is 47.2 Å². The second kappa shape index (κ2) is 10.6. The molecule has 0 aromatic heterocycles. The molecule has 1 rings (SSSR count). The topological polar surface area (TPSA) is 130 Å². The van der Waals surface area contributed by atoms with Gasteiger partial charge in [0.05, 0.1) is 32.0 Å². The Hall–Kier alpha value is -3.29. The fraction of sp³-hybridized carbons (Fsp3) is 0.316. The molecule has 27 heavy (non-hydrogen) atoms. The number of aromatic hydroxyl groups is 2. The minimum absolute atomic E-state index is 0.0154. The van der Waals surface area contributed by atoms with Crippen LogP contribution in [0.5, 0.6) is 11.5 Å². The van der Waals surface area contributed by atoms with Crippen molar-refractivity contribution >= 4 is 18.2 Å². The van der Waals surface area contributed by atoms with E-state index in [2.05, 4.69) is 4.74 Å². The molecule has 3 N–H and O–H groups in total. The zero-order valence-electron chi connectivity index (χ0n) is 15.0. The number of phenols is 2. The van der Waals surface area contributed by atoms with Gasteiger partial charge in [-0.1, -0.05) is 12.1 Å². The van der Waals surface area contributed by atoms with Crippen LogP contribution in [0.1, 0.15) is 18.9 Å². The van der Waals surface area contributed by atoms with Crippen LogP contribution in [0.25, 0.3) is 0 Å². The van der Waals surface area contributed by atoms with Crippen LogP contribution >= 0.6 is 0 Å². The third kappa shape index (κ3) is 6.18. The highest BCUT2D eigenvalue weighted by Crippen LogP contribution is 2.26. The molecule has 0 aliphatic carbocycles. The summed E-state index contributed by atoms with van der Waals surface area (Å²) in [6.45, 7) is 1.55. The van der Waals surface area contributed by atoms with Crippen molar-refractivity contribution < 1.29 is 39.2 Å². The number of aliphatic hydroxyl groups is 1. The summed E-state index contributed by atoms with van der Waals surface area (Å²) in [4.78, 5) is 35.1. The minimum Gasteiger partial charge on any atom is -0.515 e. The standard InChI is InChI=1S/C19H22O8/c1-3-13(10-20)14(15(11-21)19(25)26-2)9-18(24)27-7-6-12-4-5-16(22)17(23)8-12/h3-5,8,10-11,14,21-23H,6-7,9H2,1-2H3. The van der Waals surface area contributed by atoms with Crippen LogP contribution in [-0.4, -0.2) is 47.3 Å². The number of phenolic OH excluding ortho intramolecular Hbond substituents is 2. The summed E-state index contributed by atoms with van der Waals surface area (Å²) in [5, 5.41) is 28.0. The Labute approximate surface area is 156 Å². The lowest BCUT2D eigenvalue weighted by atomic mass is 9.89. The van der Waals surface area contributed by atoms with Gasteiger partial charge in [0.25, 0.3) is 0 Å². The Bertz CT molecular complexity index is 748. The van der Waals surface area contributed by atoms with Crippen molar-refractivity contribution in [2.24, 2.45) is 5.92 Å². The van der Waals surface area contributed by atoms with Crippen molar-refractivity contribution in [2.75, 3.05) is 13.7 Å². The zero-order valence-corrected chi connectivity index (χ0v) is 15.0. The number of carbonyl (C=O) groups excluding carboxylic acids is 3. The molecule has 0 saturated carbocycles. The van der Waals surface area contributed by atoms with Crippen LogP contribution in [0, 0.1) is 5.92 Å². The average Bonchev–Trinajstić information content (AvgIpc) is 2.65. The van der Waals surface area contributed by atoms with Gasteiger partial charge in [0.15, 0.2) is 11.5 Å². The van der Waals surface area contributed by atoms with E-state index in [1.807, 2.05) is 0 Å². The molecule has 0 radical (unpaired) electrons. The van der Waals surface area contributed by atoms with Crippen LogP contribution in [0.2, 0.25) is 0 Å². The second-order valence-corrected chi connectivity index (χ2v) is 5.53. The number of hydrogen-bond acceptors (Lipinski definition) is 8. The SMILES string of the molecule is CC=C(C=O)C(CC(=O)OCCc1ccc(O)c(O)c1)C(=CO)C(=O)OC. The van der Waals surface area contributed by atoms with Gasteiger partial charge in [-0.05, 0) is 30.2 Å². The lowest BCUT2D eigenvalue weighted by molar-refractivity contribution is -0.144. The van der Waals surface area contributed by atoms with Crippen LogP contribution in [0.3, 0.4) is 0 Å². The van der Waals surface area contributed by atoms with E-state index < -0.39 is 17.9 Å². The fourth-order valence-corrected chi connectivity index (χ4v) is 2.39. The third-order valence-corrected chi connectivity index (χ3v) is 3.87. The first-order chi connectivity index (χ1) is 12.9. The quantitative estimate of drug-likeness (QED) is 0.195. The van der Waals surface area contributed by atoms with Crippen molar-refractivity contribution in [1.29, 1.82) is 0 Å². The molecular formula is C19H22O8. The van der Waals surface area contributed by atoms with Crippen LogP contribution in [0.15, 0.2) is 41.7 Å². The van der Waals surface area contributed by atoms with E-state index in [1.165, 1.54) is 18.2 Å². The average molecular weight is 378 g/mol. The lowest BCUT2D eigenvalue weighted by Gasteiger charge is -2.17. The molecule has 0 aliphatic rings. The molecule has 146 valence electrons. The smallest absolute Gasteiger partial charge is 0.337 e. The van der Waals surface area contributed by atoms with E-state index >= 15 is 0 Å². The molecule has 0 spiro atoms. The molecule has 1 unspecified atom stereocenters. The summed E-state index contributed by atoms with van der Waals surface area (Å²) in [6, 6.07) is 4.24. The van der Waals surface area contributed by atoms with E-state index in [0.29, 0.717) is 18.1 Å². The Kier molecular flexibility index (Phi) is 8.58. The number of allylic oxidation sites excluding steroid dienone is 2. The maximum atomic E-state index is 12.1. The highest BCUT2D eigenvalue weighted by atomic mass is 16.5. The Morgan fingerprint density at radius 3 is 2.44 bits per heavy atom. The molecule has 0 fully saturated rings. The fourth-order valence-electron chi connectivity index (χ4n) is 2.39. The van der Waals surface area contributed by atoms with Gasteiger partial charge in [-0.15, -0.1) is 0 Å². The highest BCUT2D eigenvalue weighted by Gasteiger charge is 2.28. The summed E-state index contributed by atoms with van der Waals surface area (Å²) < 4.78 is 9.66. The summed E-state index contributed by atoms with van der Waals surface area (Å²) >= 11 is 0. The number of aliphatic hydroxyl groups excluding tert-OH is 1. The highest BCUT2D eigenvalue weighted by molar-refractivity contribution is 5.93. The number of rotatable bonds is 9. The van der Waals surface area contributed by atoms with E-state index in [4.69, 9.17) is 4.74 Å². The summed E-state index contributed by atoms with van der Waals surface area (Å²) in [6.07, 6.45) is 2.37. The van der Waals surface area contributed by atoms with Crippen molar-refractivity contribution in [1.82, 2.24) is 0 Å². The predicted octanol–water partition coefficient (Wildman–Crippen LogP) is 1.95. The van der Waals surface area contributed by atoms with Crippen LogP contribution < -0.4 is 0 Å². The van der Waals surface area contributed by atoms with Gasteiger partial charge in [-0.3, -0.25) is 9.59 Å². The molecule has 1 atom stereocenters. The number of hydrogen-bond donors (Lipinski definition) is 3. The zero-order chi connectivity index (χ0) is 20.4. The lowest BCUT2D eigenvalue weighted by Crippen LogP contribution is -2.22. The number of methoxy groups -OCH3 is 1. The molecule has 8 heteroatoms. The van der Waals surface area contributed by atoms with E-state index in [1.54, 1.807) is 13.0 Å². The summed E-state index contributed by atoms with van der Waals surface area (Å²) in [7, 11) is 1.12. The van der Waals surface area contributed by atoms with Crippen molar-refractivity contribution in [3.63, 3.8) is 0 Å². The summed E-state index contributed by atoms with van der Waals surface area (Å²) in [5.41, 5.74) is 0.529. The van der Waals surface area contributed by atoms with Gasteiger partial charge in [0, 0.05) is 12.3 Å². The van der Waals surface area contributed by atoms with Gasteiger partial charge < -0.3 is 24.8 Å². The van der Waals surface area contributed by atoms with Crippen LogP contribution in [0.4, 0.5) is 0 Å². The molecule has 0 amide bonds. The molecule has 0 bridgehead atoms. The number of benzene rings is 1. The molecule has 0 aliphatic heterocycles. The molecule has 1 aromatic carbocycles. The number of ether oxygens (including phenoxy) is 2. The number of esters is 2. The first kappa shape index (κ1) is 21.8. The number of carbonyl (C=O) groups is 3. The van der Waals surface area contributed by atoms with Crippen molar-refractivity contribution in [2.45, 2.75) is 19.8 Å².